The van der Waals surface area contributed by atoms with Crippen LogP contribution in [0.5, 0.6) is 5.75 Å². The van der Waals surface area contributed by atoms with Gasteiger partial charge in [-0.1, -0.05) is 23.7 Å². The number of halogens is 1. The Morgan fingerprint density at radius 1 is 1.32 bits per heavy atom. The van der Waals surface area contributed by atoms with Gasteiger partial charge in [-0.05, 0) is 30.7 Å². The van der Waals surface area contributed by atoms with Gasteiger partial charge in [0.1, 0.15) is 11.3 Å². The van der Waals surface area contributed by atoms with Gasteiger partial charge in [0.15, 0.2) is 0 Å². The summed E-state index contributed by atoms with van der Waals surface area (Å²) in [5, 5.41) is 3.72. The number of ether oxygens (including phenoxy) is 1. The Kier molecular flexibility index (Phi) is 4.52. The van der Waals surface area contributed by atoms with Crippen molar-refractivity contribution in [1.29, 1.82) is 0 Å². The second-order valence-corrected chi connectivity index (χ2v) is 6.71. The van der Waals surface area contributed by atoms with E-state index in [1.165, 1.54) is 7.11 Å². The van der Waals surface area contributed by atoms with E-state index in [9.17, 15) is 9.59 Å². The van der Waals surface area contributed by atoms with Crippen LogP contribution in [0, 0.1) is 6.92 Å². The van der Waals surface area contributed by atoms with Gasteiger partial charge >= 0.3 is 5.63 Å². The molecular weight excluding hydrogens is 382 g/mol. The number of aromatic nitrogens is 2. The van der Waals surface area contributed by atoms with Gasteiger partial charge in [-0.3, -0.25) is 10.1 Å². The first kappa shape index (κ1) is 18.1. The van der Waals surface area contributed by atoms with Crippen molar-refractivity contribution < 1.29 is 13.9 Å². The Balaban J connectivity index is 1.64. The first-order valence-electron chi connectivity index (χ1n) is 8.50. The number of carbonyl (C=O) groups is 1. The summed E-state index contributed by atoms with van der Waals surface area (Å²) < 4.78 is 10.5. The number of benzene rings is 2. The molecule has 0 unspecified atom stereocenters. The van der Waals surface area contributed by atoms with Gasteiger partial charge in [0.05, 0.1) is 35.2 Å². The second-order valence-electron chi connectivity index (χ2n) is 6.30. The predicted molar refractivity (Wildman–Crippen MR) is 107 cm³/mol. The number of hydrogen-bond donors (Lipinski definition) is 2. The minimum absolute atomic E-state index is 0.148. The fourth-order valence-electron chi connectivity index (χ4n) is 3.10. The number of carbonyl (C=O) groups excluding carboxylic acids is 1. The number of anilines is 1. The number of methoxy groups -OCH3 is 1. The van der Waals surface area contributed by atoms with Crippen LogP contribution in [0.25, 0.3) is 22.0 Å². The minimum Gasteiger partial charge on any atom is -0.495 e. The lowest BCUT2D eigenvalue weighted by molar-refractivity contribution is -0.115. The van der Waals surface area contributed by atoms with Crippen LogP contribution in [0.4, 0.5) is 5.95 Å². The second kappa shape index (κ2) is 7.01. The Morgan fingerprint density at radius 2 is 2.11 bits per heavy atom. The standard InChI is InChI=1S/C20H16ClN3O4/c1-10-11-7-13(21)17(27-2)9-16(11)28-19(26)12(10)8-18(25)24-20-22-14-5-3-4-6-15(14)23-20/h3-7,9H,8H2,1-2H3,(H2,22,23,24,25). The monoisotopic (exact) mass is 397 g/mol. The highest BCUT2D eigenvalue weighted by Gasteiger charge is 2.17. The highest BCUT2D eigenvalue weighted by atomic mass is 35.5. The lowest BCUT2D eigenvalue weighted by atomic mass is 10.0. The van der Waals surface area contributed by atoms with E-state index in [0.717, 1.165) is 11.0 Å². The van der Waals surface area contributed by atoms with Gasteiger partial charge in [-0.15, -0.1) is 0 Å². The molecule has 28 heavy (non-hydrogen) atoms. The highest BCUT2D eigenvalue weighted by Crippen LogP contribution is 2.31. The average molecular weight is 398 g/mol. The zero-order valence-corrected chi connectivity index (χ0v) is 15.9. The predicted octanol–water partition coefficient (Wildman–Crippen LogP) is 3.82. The van der Waals surface area contributed by atoms with E-state index < -0.39 is 5.63 Å². The maximum atomic E-state index is 12.5. The molecule has 142 valence electrons. The number of aromatic amines is 1. The number of imidazole rings is 1. The summed E-state index contributed by atoms with van der Waals surface area (Å²) in [5.41, 5.74) is 2.22. The van der Waals surface area contributed by atoms with Crippen LogP contribution in [0.2, 0.25) is 5.02 Å². The lowest BCUT2D eigenvalue weighted by Crippen LogP contribution is -2.21. The summed E-state index contributed by atoms with van der Waals surface area (Å²) in [7, 11) is 1.48. The number of H-pyrrole nitrogens is 1. The summed E-state index contributed by atoms with van der Waals surface area (Å²) in [6.45, 7) is 1.76. The molecule has 8 heteroatoms. The molecule has 2 aromatic carbocycles. The normalized spacial score (nSPS) is 11.1. The SMILES string of the molecule is COc1cc2oc(=O)c(CC(=O)Nc3nc4ccccc4[nH]3)c(C)c2cc1Cl. The van der Waals surface area contributed by atoms with Crippen molar-refractivity contribution in [1.82, 2.24) is 9.97 Å². The van der Waals surface area contributed by atoms with E-state index in [2.05, 4.69) is 15.3 Å². The third-order valence-corrected chi connectivity index (χ3v) is 4.84. The molecule has 2 heterocycles. The molecule has 0 aliphatic rings. The zero-order valence-electron chi connectivity index (χ0n) is 15.1. The van der Waals surface area contributed by atoms with Crippen LogP contribution in [-0.2, 0) is 11.2 Å². The Bertz CT molecular complexity index is 1240. The highest BCUT2D eigenvalue weighted by molar-refractivity contribution is 6.32. The summed E-state index contributed by atoms with van der Waals surface area (Å²) in [6, 6.07) is 10.6. The van der Waals surface area contributed by atoms with Crippen LogP contribution >= 0.6 is 11.6 Å². The van der Waals surface area contributed by atoms with Crippen LogP contribution in [0.3, 0.4) is 0 Å². The zero-order chi connectivity index (χ0) is 19.8. The van der Waals surface area contributed by atoms with Crippen LogP contribution in [0.15, 0.2) is 45.6 Å². The lowest BCUT2D eigenvalue weighted by Gasteiger charge is -2.10. The van der Waals surface area contributed by atoms with Crippen molar-refractivity contribution in [2.24, 2.45) is 0 Å². The fraction of sp³-hybridized carbons (Fsp3) is 0.150. The number of nitrogens with zero attached hydrogens (tertiary/aromatic N) is 1. The Morgan fingerprint density at radius 3 is 2.86 bits per heavy atom. The molecule has 1 amide bonds. The third-order valence-electron chi connectivity index (χ3n) is 4.54. The van der Waals surface area contributed by atoms with Crippen LogP contribution in [-0.4, -0.2) is 23.0 Å². The topological polar surface area (TPSA) is 97.2 Å². The first-order chi connectivity index (χ1) is 13.5. The fourth-order valence-corrected chi connectivity index (χ4v) is 3.34. The summed E-state index contributed by atoms with van der Waals surface area (Å²) in [5.74, 6) is 0.349. The smallest absolute Gasteiger partial charge is 0.340 e. The van der Waals surface area contributed by atoms with Gasteiger partial charge in [-0.2, -0.15) is 0 Å². The van der Waals surface area contributed by atoms with Crippen molar-refractivity contribution in [2.45, 2.75) is 13.3 Å². The Labute approximate surface area is 164 Å². The number of hydrogen-bond acceptors (Lipinski definition) is 5. The van der Waals surface area contributed by atoms with Crippen molar-refractivity contribution >= 4 is 45.5 Å². The first-order valence-corrected chi connectivity index (χ1v) is 8.88. The maximum absolute atomic E-state index is 12.5. The molecule has 0 bridgehead atoms. The summed E-state index contributed by atoms with van der Waals surface area (Å²) in [4.78, 5) is 32.2. The summed E-state index contributed by atoms with van der Waals surface area (Å²) in [6.07, 6.45) is -0.148. The molecule has 0 atom stereocenters. The molecule has 0 fully saturated rings. The minimum atomic E-state index is -0.575. The molecule has 0 aliphatic heterocycles. The molecule has 0 radical (unpaired) electrons. The Hall–Kier alpha value is -3.32. The molecule has 0 aliphatic carbocycles. The molecule has 0 saturated heterocycles. The van der Waals surface area contributed by atoms with Crippen molar-refractivity contribution in [3.8, 4) is 5.75 Å². The molecule has 7 nitrogen and oxygen atoms in total. The largest absolute Gasteiger partial charge is 0.495 e. The van der Waals surface area contributed by atoms with E-state index in [4.69, 9.17) is 20.8 Å². The van der Waals surface area contributed by atoms with Gasteiger partial charge in [0.25, 0.3) is 0 Å². The maximum Gasteiger partial charge on any atom is 0.340 e. The number of nitrogens with one attached hydrogen (secondary N) is 2. The van der Waals surface area contributed by atoms with E-state index in [0.29, 0.717) is 33.3 Å². The molecular formula is C20H16ClN3O4. The molecule has 0 saturated carbocycles. The van der Waals surface area contributed by atoms with Gasteiger partial charge in [0.2, 0.25) is 11.9 Å². The number of fused-ring (bicyclic) bond motifs is 2. The number of para-hydroxylation sites is 2. The number of rotatable bonds is 4. The van der Waals surface area contributed by atoms with Gasteiger partial charge in [-0.25, -0.2) is 9.78 Å². The summed E-state index contributed by atoms with van der Waals surface area (Å²) >= 11 is 6.18. The van der Waals surface area contributed by atoms with Crippen molar-refractivity contribution in [3.05, 3.63) is 63.0 Å². The molecule has 4 rings (SSSR count). The average Bonchev–Trinajstić information content (AvgIpc) is 3.07. The van der Waals surface area contributed by atoms with Crippen LogP contribution in [0.1, 0.15) is 11.1 Å². The van der Waals surface area contributed by atoms with Gasteiger partial charge in [0, 0.05) is 11.5 Å². The third kappa shape index (κ3) is 3.20. The van der Waals surface area contributed by atoms with E-state index in [-0.39, 0.29) is 17.9 Å². The van der Waals surface area contributed by atoms with Gasteiger partial charge < -0.3 is 14.1 Å². The molecule has 2 aromatic heterocycles. The van der Waals surface area contributed by atoms with E-state index in [1.54, 1.807) is 19.1 Å². The molecule has 4 aromatic rings. The van der Waals surface area contributed by atoms with E-state index >= 15 is 0 Å². The van der Waals surface area contributed by atoms with E-state index in [1.807, 2.05) is 24.3 Å². The van der Waals surface area contributed by atoms with Crippen molar-refractivity contribution in [2.75, 3.05) is 12.4 Å². The van der Waals surface area contributed by atoms with Crippen molar-refractivity contribution in [3.63, 3.8) is 0 Å². The number of amides is 1. The molecule has 0 spiro atoms. The molecule has 2 N–H and O–H groups in total. The quantitative estimate of drug-likeness (QED) is 0.510. The number of aryl methyl sites for hydroxylation is 1. The van der Waals surface area contributed by atoms with Crippen LogP contribution < -0.4 is 15.7 Å².